The molecule has 2 aliphatic rings. The highest BCUT2D eigenvalue weighted by molar-refractivity contribution is 7.90. The van der Waals surface area contributed by atoms with Crippen LogP contribution >= 0.6 is 0 Å². The van der Waals surface area contributed by atoms with E-state index in [2.05, 4.69) is 60.0 Å². The summed E-state index contributed by atoms with van der Waals surface area (Å²) in [5.41, 5.74) is 8.81. The minimum Gasteiger partial charge on any atom is -0.347 e. The van der Waals surface area contributed by atoms with Gasteiger partial charge in [0, 0.05) is 43.2 Å². The van der Waals surface area contributed by atoms with Crippen molar-refractivity contribution in [2.75, 3.05) is 19.3 Å². The molecule has 0 spiro atoms. The van der Waals surface area contributed by atoms with Gasteiger partial charge in [-0.05, 0) is 59.8 Å². The average molecular weight is 411 g/mol. The average Bonchev–Trinajstić information content (AvgIpc) is 2.92. The van der Waals surface area contributed by atoms with Crippen molar-refractivity contribution in [2.45, 2.75) is 39.0 Å². The predicted octanol–water partition coefficient (Wildman–Crippen LogP) is 3.86. The van der Waals surface area contributed by atoms with Crippen LogP contribution in [0.4, 0.5) is 0 Å². The summed E-state index contributed by atoms with van der Waals surface area (Å²) in [4.78, 5) is 2.37. The molecule has 0 aliphatic carbocycles. The van der Waals surface area contributed by atoms with E-state index in [-0.39, 0.29) is 18.9 Å². The number of nitrogens with zero attached hydrogens (tertiary/aromatic N) is 2. The second-order valence-electron chi connectivity index (χ2n) is 8.45. The van der Waals surface area contributed by atoms with Gasteiger partial charge in [-0.1, -0.05) is 31.7 Å². The maximum Gasteiger partial charge on any atom is 0.154 e. The van der Waals surface area contributed by atoms with Gasteiger partial charge in [0.25, 0.3) is 0 Å². The lowest BCUT2D eigenvalue weighted by molar-refractivity contribution is 0.313. The molecule has 0 atom stereocenters. The van der Waals surface area contributed by atoms with Crippen molar-refractivity contribution < 1.29 is 8.42 Å². The number of sulfone groups is 1. The summed E-state index contributed by atoms with van der Waals surface area (Å²) in [7, 11) is 1.25. The highest BCUT2D eigenvalue weighted by Crippen LogP contribution is 2.32. The Kier molecular flexibility index (Phi) is 5.07. The highest BCUT2D eigenvalue weighted by atomic mass is 32.2. The molecule has 0 saturated heterocycles. The van der Waals surface area contributed by atoms with Gasteiger partial charge in [0.15, 0.2) is 9.84 Å². The van der Waals surface area contributed by atoms with Gasteiger partial charge in [0.1, 0.15) is 0 Å². The fourth-order valence-electron chi connectivity index (χ4n) is 4.85. The van der Waals surface area contributed by atoms with Crippen LogP contribution in [0.25, 0.3) is 10.9 Å². The standard InChI is InChI=1S/C23H26N2O2S.CH4/c1-24-9-7-18-5-3-16(12-19(18)14-24)11-17-4-6-22-20(13-17)21-15-28(26,27)10-8-23(21)25(22)2;/h3-6,12-13H,7-11,14-15H2,1-2H3;1H4. The Bertz CT molecular complexity index is 1190. The van der Waals surface area contributed by atoms with E-state index in [0.29, 0.717) is 6.42 Å². The van der Waals surface area contributed by atoms with Crippen molar-refractivity contribution in [3.8, 4) is 0 Å². The first-order valence-electron chi connectivity index (χ1n) is 9.98. The lowest BCUT2D eigenvalue weighted by atomic mass is 9.94. The van der Waals surface area contributed by atoms with E-state index in [9.17, 15) is 8.42 Å². The minimum atomic E-state index is -2.98. The Morgan fingerprint density at radius 3 is 2.55 bits per heavy atom. The first-order chi connectivity index (χ1) is 13.4. The number of hydrogen-bond donors (Lipinski definition) is 0. The molecule has 154 valence electrons. The molecule has 0 saturated carbocycles. The molecular weight excluding hydrogens is 380 g/mol. The summed E-state index contributed by atoms with van der Waals surface area (Å²) in [6, 6.07) is 13.4. The molecule has 5 rings (SSSR count). The lowest BCUT2D eigenvalue weighted by Crippen LogP contribution is -2.26. The van der Waals surface area contributed by atoms with Crippen LogP contribution in [-0.2, 0) is 48.4 Å². The van der Waals surface area contributed by atoms with Gasteiger partial charge in [-0.15, -0.1) is 0 Å². The van der Waals surface area contributed by atoms with E-state index in [1.807, 2.05) is 0 Å². The Hall–Kier alpha value is -2.11. The number of aryl methyl sites for hydroxylation is 1. The van der Waals surface area contributed by atoms with E-state index in [1.54, 1.807) is 0 Å². The summed E-state index contributed by atoms with van der Waals surface area (Å²) in [6.45, 7) is 2.15. The molecule has 2 aliphatic heterocycles. The number of hydrogen-bond acceptors (Lipinski definition) is 3. The van der Waals surface area contributed by atoms with E-state index < -0.39 is 9.84 Å². The maximum absolute atomic E-state index is 12.2. The van der Waals surface area contributed by atoms with Crippen molar-refractivity contribution >= 4 is 20.7 Å². The Morgan fingerprint density at radius 2 is 1.72 bits per heavy atom. The molecule has 0 bridgehead atoms. The van der Waals surface area contributed by atoms with Gasteiger partial charge in [-0.25, -0.2) is 8.42 Å². The second-order valence-corrected chi connectivity index (χ2v) is 10.6. The fourth-order valence-corrected chi connectivity index (χ4v) is 6.26. The SMILES string of the molecule is C.CN1CCc2ccc(Cc3ccc4c(c3)c3c(n4C)CCS(=O)(=O)C3)cc2C1. The van der Waals surface area contributed by atoms with Gasteiger partial charge < -0.3 is 9.47 Å². The quantitative estimate of drug-likeness (QED) is 0.644. The lowest BCUT2D eigenvalue weighted by Gasteiger charge is -2.25. The Labute approximate surface area is 174 Å². The molecule has 29 heavy (non-hydrogen) atoms. The molecule has 4 nitrogen and oxygen atoms in total. The van der Waals surface area contributed by atoms with Crippen LogP contribution in [-0.4, -0.2) is 37.2 Å². The summed E-state index contributed by atoms with van der Waals surface area (Å²) >= 11 is 0. The summed E-state index contributed by atoms with van der Waals surface area (Å²) in [5.74, 6) is 0.439. The third-order valence-corrected chi connectivity index (χ3v) is 7.95. The minimum absolute atomic E-state index is 0. The molecule has 0 N–H and O–H groups in total. The zero-order valence-electron chi connectivity index (χ0n) is 16.5. The van der Waals surface area contributed by atoms with Crippen molar-refractivity contribution in [1.29, 1.82) is 0 Å². The molecule has 1 aromatic heterocycles. The van der Waals surface area contributed by atoms with E-state index in [0.717, 1.165) is 42.4 Å². The zero-order chi connectivity index (χ0) is 19.5. The van der Waals surface area contributed by atoms with Gasteiger partial charge in [0.2, 0.25) is 0 Å². The monoisotopic (exact) mass is 410 g/mol. The predicted molar refractivity (Wildman–Crippen MR) is 120 cm³/mol. The van der Waals surface area contributed by atoms with E-state index in [1.165, 1.54) is 27.9 Å². The molecule has 5 heteroatoms. The van der Waals surface area contributed by atoms with Crippen molar-refractivity contribution in [1.82, 2.24) is 9.47 Å². The van der Waals surface area contributed by atoms with E-state index >= 15 is 0 Å². The topological polar surface area (TPSA) is 42.3 Å². The van der Waals surface area contributed by atoms with Crippen LogP contribution in [0.15, 0.2) is 36.4 Å². The maximum atomic E-state index is 12.2. The molecular formula is C24H30N2O2S. The van der Waals surface area contributed by atoms with Crippen LogP contribution in [0.2, 0.25) is 0 Å². The third kappa shape index (κ3) is 3.62. The Morgan fingerprint density at radius 1 is 0.966 bits per heavy atom. The first-order valence-corrected chi connectivity index (χ1v) is 11.8. The van der Waals surface area contributed by atoms with E-state index in [4.69, 9.17) is 0 Å². The summed E-state index contributed by atoms with van der Waals surface area (Å²) in [5, 5.41) is 1.11. The largest absolute Gasteiger partial charge is 0.347 e. The molecule has 0 radical (unpaired) electrons. The van der Waals surface area contributed by atoms with Crippen LogP contribution in [0.5, 0.6) is 0 Å². The van der Waals surface area contributed by atoms with Crippen LogP contribution in [0.3, 0.4) is 0 Å². The molecule has 0 amide bonds. The molecule has 3 aromatic rings. The van der Waals surface area contributed by atoms with Crippen LogP contribution in [0.1, 0.15) is 40.9 Å². The fraction of sp³-hybridized carbons (Fsp3) is 0.417. The first kappa shape index (κ1) is 20.2. The van der Waals surface area contributed by atoms with Crippen molar-refractivity contribution in [2.24, 2.45) is 7.05 Å². The second kappa shape index (κ2) is 7.29. The van der Waals surface area contributed by atoms with Crippen molar-refractivity contribution in [3.63, 3.8) is 0 Å². The van der Waals surface area contributed by atoms with Gasteiger partial charge in [0.05, 0.1) is 11.5 Å². The summed E-state index contributed by atoms with van der Waals surface area (Å²) < 4.78 is 26.6. The number of fused-ring (bicyclic) bond motifs is 4. The smallest absolute Gasteiger partial charge is 0.154 e. The number of aromatic nitrogens is 1. The third-order valence-electron chi connectivity index (χ3n) is 6.40. The Balaban J connectivity index is 0.00000205. The number of likely N-dealkylation sites (N-methyl/N-ethyl adjacent to an activating group) is 1. The normalized spacial score (nSPS) is 18.1. The van der Waals surface area contributed by atoms with Gasteiger partial charge in [-0.2, -0.15) is 0 Å². The van der Waals surface area contributed by atoms with Crippen molar-refractivity contribution in [3.05, 3.63) is 69.9 Å². The molecule has 0 unspecified atom stereocenters. The van der Waals surface area contributed by atoms with Crippen LogP contribution in [0, 0.1) is 0 Å². The van der Waals surface area contributed by atoms with Gasteiger partial charge in [-0.3, -0.25) is 0 Å². The molecule has 2 aromatic carbocycles. The molecule has 0 fully saturated rings. The number of rotatable bonds is 2. The zero-order valence-corrected chi connectivity index (χ0v) is 17.3. The number of benzene rings is 2. The van der Waals surface area contributed by atoms with Crippen LogP contribution < -0.4 is 0 Å². The summed E-state index contributed by atoms with van der Waals surface area (Å²) in [6.07, 6.45) is 2.63. The molecule has 3 heterocycles. The van der Waals surface area contributed by atoms with Gasteiger partial charge >= 0.3 is 0 Å². The highest BCUT2D eigenvalue weighted by Gasteiger charge is 2.26.